The summed E-state index contributed by atoms with van der Waals surface area (Å²) in [7, 11) is 0. The van der Waals surface area contributed by atoms with Crippen LogP contribution in [0, 0.1) is 22.7 Å². The van der Waals surface area contributed by atoms with Crippen LogP contribution in [0.5, 0.6) is 0 Å². The minimum absolute atomic E-state index is 0.0978. The third-order valence-electron chi connectivity index (χ3n) is 7.40. The highest BCUT2D eigenvalue weighted by molar-refractivity contribution is 5.90. The lowest BCUT2D eigenvalue weighted by molar-refractivity contribution is -0.210. The second-order valence-electron chi connectivity index (χ2n) is 8.66. The van der Waals surface area contributed by atoms with Crippen LogP contribution < -0.4 is 0 Å². The van der Waals surface area contributed by atoms with Gasteiger partial charge < -0.3 is 4.74 Å². The van der Waals surface area contributed by atoms with Crippen LogP contribution in [0.25, 0.3) is 0 Å². The number of fused-ring (bicyclic) bond motifs is 2. The van der Waals surface area contributed by atoms with Gasteiger partial charge in [0.2, 0.25) is 0 Å². The molecule has 0 bridgehead atoms. The molecule has 1 heterocycles. The van der Waals surface area contributed by atoms with Crippen molar-refractivity contribution in [3.05, 3.63) is 12.2 Å². The number of rotatable bonds is 1. The first kappa shape index (κ1) is 15.1. The zero-order chi connectivity index (χ0) is 15.5. The summed E-state index contributed by atoms with van der Waals surface area (Å²) in [5.41, 5.74) is 0.816. The average molecular weight is 290 g/mol. The van der Waals surface area contributed by atoms with Gasteiger partial charge in [-0.1, -0.05) is 34.3 Å². The predicted octanol–water partition coefficient (Wildman–Crippen LogP) is 4.88. The quantitative estimate of drug-likeness (QED) is 0.508. The monoisotopic (exact) mass is 290 g/mol. The molecule has 2 heteroatoms. The standard InChI is InChI=1S/C19H30O2/c1-13(2)15-7-10-17(4)8-6-9-19(18(17,5)12-15)11-14(3)16(20)21-19/h13,15H,3,6-12H2,1-2,4-5H3/t15-,17-,18-,19+/m1/s1. The molecule has 3 rings (SSSR count). The van der Waals surface area contributed by atoms with Crippen molar-refractivity contribution in [3.63, 3.8) is 0 Å². The van der Waals surface area contributed by atoms with Crippen molar-refractivity contribution in [2.24, 2.45) is 22.7 Å². The highest BCUT2D eigenvalue weighted by Crippen LogP contribution is 2.67. The summed E-state index contributed by atoms with van der Waals surface area (Å²) in [5.74, 6) is 1.32. The zero-order valence-corrected chi connectivity index (χ0v) is 14.1. The van der Waals surface area contributed by atoms with E-state index in [4.69, 9.17) is 4.74 Å². The maximum Gasteiger partial charge on any atom is 0.334 e. The van der Waals surface area contributed by atoms with Crippen LogP contribution in [0.4, 0.5) is 0 Å². The fraction of sp³-hybridized carbons (Fsp3) is 0.842. The van der Waals surface area contributed by atoms with Crippen molar-refractivity contribution in [3.8, 4) is 0 Å². The van der Waals surface area contributed by atoms with Gasteiger partial charge in [0.1, 0.15) is 5.60 Å². The Labute approximate surface area is 129 Å². The molecule has 0 radical (unpaired) electrons. The van der Waals surface area contributed by atoms with Crippen LogP contribution in [-0.4, -0.2) is 11.6 Å². The van der Waals surface area contributed by atoms with Gasteiger partial charge in [-0.05, 0) is 55.8 Å². The van der Waals surface area contributed by atoms with Gasteiger partial charge in [0.25, 0.3) is 0 Å². The molecular weight excluding hydrogens is 260 g/mol. The van der Waals surface area contributed by atoms with E-state index < -0.39 is 0 Å². The van der Waals surface area contributed by atoms with Crippen molar-refractivity contribution >= 4 is 5.97 Å². The topological polar surface area (TPSA) is 26.3 Å². The SMILES string of the molecule is C=C1C[C@]2(CCC[C@]3(C)CC[C@@H](C(C)C)C[C@]32C)OC1=O. The molecule has 1 aliphatic heterocycles. The van der Waals surface area contributed by atoms with Crippen LogP contribution in [0.15, 0.2) is 12.2 Å². The molecule has 0 aromatic heterocycles. The molecule has 0 aromatic carbocycles. The highest BCUT2D eigenvalue weighted by Gasteiger charge is 2.66. The lowest BCUT2D eigenvalue weighted by atomic mass is 9.43. The summed E-state index contributed by atoms with van der Waals surface area (Å²) < 4.78 is 6.03. The second-order valence-corrected chi connectivity index (χ2v) is 8.66. The van der Waals surface area contributed by atoms with Crippen molar-refractivity contribution in [1.82, 2.24) is 0 Å². The first-order valence-corrected chi connectivity index (χ1v) is 8.64. The Morgan fingerprint density at radius 2 is 1.95 bits per heavy atom. The summed E-state index contributed by atoms with van der Waals surface area (Å²) in [5, 5.41) is 0. The molecule has 0 amide bonds. The largest absolute Gasteiger partial charge is 0.455 e. The Morgan fingerprint density at radius 1 is 1.24 bits per heavy atom. The van der Waals surface area contributed by atoms with Crippen LogP contribution in [0.3, 0.4) is 0 Å². The molecule has 2 saturated carbocycles. The maximum absolute atomic E-state index is 12.1. The van der Waals surface area contributed by atoms with Crippen molar-refractivity contribution in [2.75, 3.05) is 0 Å². The summed E-state index contributed by atoms with van der Waals surface area (Å²) in [6.45, 7) is 13.5. The summed E-state index contributed by atoms with van der Waals surface area (Å²) in [6, 6.07) is 0. The minimum Gasteiger partial charge on any atom is -0.455 e. The van der Waals surface area contributed by atoms with E-state index in [1.54, 1.807) is 0 Å². The number of carbonyl (C=O) groups is 1. The Balaban J connectivity index is 2.02. The van der Waals surface area contributed by atoms with Crippen molar-refractivity contribution in [2.45, 2.75) is 78.2 Å². The third kappa shape index (κ3) is 1.94. The molecule has 0 N–H and O–H groups in total. The van der Waals surface area contributed by atoms with Crippen LogP contribution in [0.2, 0.25) is 0 Å². The fourth-order valence-corrected chi connectivity index (χ4v) is 5.55. The molecule has 0 unspecified atom stereocenters. The normalized spacial score (nSPS) is 46.8. The zero-order valence-electron chi connectivity index (χ0n) is 14.1. The van der Waals surface area contributed by atoms with Crippen LogP contribution in [-0.2, 0) is 9.53 Å². The third-order valence-corrected chi connectivity index (χ3v) is 7.40. The molecule has 21 heavy (non-hydrogen) atoms. The molecule has 0 aromatic rings. The number of esters is 1. The fourth-order valence-electron chi connectivity index (χ4n) is 5.55. The van der Waals surface area contributed by atoms with Crippen LogP contribution >= 0.6 is 0 Å². The van der Waals surface area contributed by atoms with E-state index in [1.807, 2.05) is 0 Å². The summed E-state index contributed by atoms with van der Waals surface area (Å²) >= 11 is 0. The van der Waals surface area contributed by atoms with E-state index in [0.29, 0.717) is 16.9 Å². The molecular formula is C19H30O2. The Kier molecular flexibility index (Phi) is 3.31. The molecule has 2 nitrogen and oxygen atoms in total. The lowest BCUT2D eigenvalue weighted by Crippen LogP contribution is -2.61. The molecule has 1 saturated heterocycles. The van der Waals surface area contributed by atoms with E-state index in [2.05, 4.69) is 34.3 Å². The van der Waals surface area contributed by atoms with E-state index in [0.717, 1.165) is 18.8 Å². The van der Waals surface area contributed by atoms with Crippen molar-refractivity contribution in [1.29, 1.82) is 0 Å². The van der Waals surface area contributed by atoms with E-state index in [-0.39, 0.29) is 17.0 Å². The summed E-state index contributed by atoms with van der Waals surface area (Å²) in [4.78, 5) is 12.1. The Morgan fingerprint density at radius 3 is 2.52 bits per heavy atom. The van der Waals surface area contributed by atoms with E-state index in [1.165, 1.54) is 32.1 Å². The van der Waals surface area contributed by atoms with Gasteiger partial charge in [0.15, 0.2) is 0 Å². The predicted molar refractivity (Wildman–Crippen MR) is 84.8 cm³/mol. The first-order chi connectivity index (χ1) is 9.73. The minimum atomic E-state index is -0.276. The molecule has 3 fully saturated rings. The van der Waals surface area contributed by atoms with Crippen LogP contribution in [0.1, 0.15) is 72.6 Å². The van der Waals surface area contributed by atoms with Gasteiger partial charge >= 0.3 is 5.97 Å². The Bertz CT molecular complexity index is 462. The number of ether oxygens (including phenoxy) is 1. The first-order valence-electron chi connectivity index (χ1n) is 8.64. The Hall–Kier alpha value is -0.790. The smallest absolute Gasteiger partial charge is 0.334 e. The lowest BCUT2D eigenvalue weighted by Gasteiger charge is -2.63. The molecule has 1 spiro atoms. The van der Waals surface area contributed by atoms with Gasteiger partial charge in [-0.25, -0.2) is 4.79 Å². The summed E-state index contributed by atoms with van der Waals surface area (Å²) in [6.07, 6.45) is 8.03. The second kappa shape index (κ2) is 4.60. The number of hydrogen-bond donors (Lipinski definition) is 0. The highest BCUT2D eigenvalue weighted by atomic mass is 16.6. The van der Waals surface area contributed by atoms with Gasteiger partial charge in [0.05, 0.1) is 0 Å². The van der Waals surface area contributed by atoms with Gasteiger partial charge in [0, 0.05) is 17.4 Å². The number of carbonyl (C=O) groups excluding carboxylic acids is 1. The maximum atomic E-state index is 12.1. The molecule has 3 aliphatic rings. The van der Waals surface area contributed by atoms with Gasteiger partial charge in [-0.2, -0.15) is 0 Å². The average Bonchev–Trinajstić information content (AvgIpc) is 2.68. The molecule has 2 aliphatic carbocycles. The molecule has 4 atom stereocenters. The van der Waals surface area contributed by atoms with Gasteiger partial charge in [-0.15, -0.1) is 0 Å². The van der Waals surface area contributed by atoms with Crippen molar-refractivity contribution < 1.29 is 9.53 Å². The van der Waals surface area contributed by atoms with E-state index in [9.17, 15) is 4.79 Å². The molecule has 118 valence electrons. The van der Waals surface area contributed by atoms with Gasteiger partial charge in [-0.3, -0.25) is 0 Å². The van der Waals surface area contributed by atoms with E-state index >= 15 is 0 Å². The number of hydrogen-bond acceptors (Lipinski definition) is 2.